The molecule has 1 spiro atoms. The second kappa shape index (κ2) is 7.10. The Labute approximate surface area is 127 Å². The summed E-state index contributed by atoms with van der Waals surface area (Å²) >= 11 is 0. The minimum Gasteiger partial charge on any atom is -0.381 e. The fraction of sp³-hybridized carbons (Fsp3) is 0.933. The van der Waals surface area contributed by atoms with Crippen molar-refractivity contribution in [3.05, 3.63) is 0 Å². The van der Waals surface area contributed by atoms with Gasteiger partial charge in [0, 0.05) is 25.7 Å². The van der Waals surface area contributed by atoms with Crippen molar-refractivity contribution < 1.29 is 9.53 Å². The summed E-state index contributed by atoms with van der Waals surface area (Å²) < 4.78 is 5.57. The van der Waals surface area contributed by atoms with Gasteiger partial charge in [0.15, 0.2) is 0 Å². The number of halogens is 1. The van der Waals surface area contributed by atoms with Crippen molar-refractivity contribution in [2.24, 2.45) is 17.3 Å². The maximum absolute atomic E-state index is 12.1. The second-order valence-corrected chi connectivity index (χ2v) is 6.53. The first-order chi connectivity index (χ1) is 9.30. The molecule has 1 unspecified atom stereocenters. The predicted octanol–water partition coefficient (Wildman–Crippen LogP) is 1.73. The zero-order valence-corrected chi connectivity index (χ0v) is 13.0. The Morgan fingerprint density at radius 1 is 1.30 bits per heavy atom. The number of ether oxygens (including phenoxy) is 1. The Morgan fingerprint density at radius 2 is 2.05 bits per heavy atom. The highest BCUT2D eigenvalue weighted by molar-refractivity contribution is 5.85. The van der Waals surface area contributed by atoms with Crippen LogP contribution < -0.4 is 10.6 Å². The van der Waals surface area contributed by atoms with E-state index in [1.54, 1.807) is 0 Å². The maximum Gasteiger partial charge on any atom is 0.223 e. The molecule has 0 aromatic carbocycles. The zero-order chi connectivity index (χ0) is 13.1. The maximum atomic E-state index is 12.1. The summed E-state index contributed by atoms with van der Waals surface area (Å²) in [5.41, 5.74) is 0.359. The lowest BCUT2D eigenvalue weighted by Gasteiger charge is -2.23. The minimum atomic E-state index is 0. The van der Waals surface area contributed by atoms with E-state index in [9.17, 15) is 4.79 Å². The third-order valence-corrected chi connectivity index (χ3v) is 4.92. The van der Waals surface area contributed by atoms with E-state index in [2.05, 4.69) is 10.6 Å². The van der Waals surface area contributed by atoms with Gasteiger partial charge in [0.25, 0.3) is 0 Å². The van der Waals surface area contributed by atoms with Gasteiger partial charge in [-0.15, -0.1) is 12.4 Å². The van der Waals surface area contributed by atoms with Crippen molar-refractivity contribution in [3.63, 3.8) is 0 Å². The Balaban J connectivity index is 0.00000147. The van der Waals surface area contributed by atoms with Gasteiger partial charge >= 0.3 is 0 Å². The third-order valence-electron chi connectivity index (χ3n) is 4.92. The SMILES string of the molecule is Cl.O=C(NCCCOCC1CC1)C1CC12CCNCC2. The van der Waals surface area contributed by atoms with Crippen molar-refractivity contribution in [2.75, 3.05) is 32.8 Å². The van der Waals surface area contributed by atoms with Gasteiger partial charge in [-0.1, -0.05) is 0 Å². The highest BCUT2D eigenvalue weighted by Gasteiger charge is 2.57. The second-order valence-electron chi connectivity index (χ2n) is 6.53. The van der Waals surface area contributed by atoms with Gasteiger partial charge in [-0.2, -0.15) is 0 Å². The molecule has 0 aromatic heterocycles. The van der Waals surface area contributed by atoms with E-state index < -0.39 is 0 Å². The number of rotatable bonds is 7. The summed E-state index contributed by atoms with van der Waals surface area (Å²) in [6, 6.07) is 0. The summed E-state index contributed by atoms with van der Waals surface area (Å²) in [5.74, 6) is 1.41. The minimum absolute atomic E-state index is 0. The van der Waals surface area contributed by atoms with E-state index in [-0.39, 0.29) is 18.3 Å². The molecule has 2 saturated carbocycles. The van der Waals surface area contributed by atoms with Crippen molar-refractivity contribution in [1.82, 2.24) is 10.6 Å². The molecule has 20 heavy (non-hydrogen) atoms. The lowest BCUT2D eigenvalue weighted by atomic mass is 9.92. The molecule has 3 rings (SSSR count). The van der Waals surface area contributed by atoms with Crippen molar-refractivity contribution >= 4 is 18.3 Å². The molecule has 3 aliphatic rings. The molecular weight excluding hydrogens is 276 g/mol. The summed E-state index contributed by atoms with van der Waals surface area (Å²) in [5, 5.41) is 6.45. The standard InChI is InChI=1S/C15H26N2O2.ClH/c18-14(13-10-15(13)4-7-16-8-5-15)17-6-1-9-19-11-12-2-3-12;/h12-13,16H,1-11H2,(H,17,18);1H. The molecule has 0 radical (unpaired) electrons. The van der Waals surface area contributed by atoms with Crippen molar-refractivity contribution in [3.8, 4) is 0 Å². The van der Waals surface area contributed by atoms with Crippen LogP contribution in [0.1, 0.15) is 38.5 Å². The number of carbonyl (C=O) groups excluding carboxylic acids is 1. The summed E-state index contributed by atoms with van der Waals surface area (Å²) in [6.07, 6.45) is 7.09. The van der Waals surface area contributed by atoms with Crippen LogP contribution in [0.15, 0.2) is 0 Å². The molecule has 1 amide bonds. The van der Waals surface area contributed by atoms with Crippen LogP contribution in [0.25, 0.3) is 0 Å². The van der Waals surface area contributed by atoms with E-state index in [4.69, 9.17) is 4.74 Å². The van der Waals surface area contributed by atoms with Crippen LogP contribution in [0.3, 0.4) is 0 Å². The quantitative estimate of drug-likeness (QED) is 0.704. The molecule has 4 nitrogen and oxygen atoms in total. The molecule has 0 bridgehead atoms. The topological polar surface area (TPSA) is 50.4 Å². The Hall–Kier alpha value is -0.320. The largest absolute Gasteiger partial charge is 0.381 e. The summed E-state index contributed by atoms with van der Waals surface area (Å²) in [6.45, 7) is 4.65. The van der Waals surface area contributed by atoms with Crippen LogP contribution in [0.2, 0.25) is 0 Å². The number of carbonyl (C=O) groups is 1. The van der Waals surface area contributed by atoms with Gasteiger partial charge < -0.3 is 15.4 Å². The Kier molecular flexibility index (Phi) is 5.70. The fourth-order valence-electron chi connectivity index (χ4n) is 3.24. The highest BCUT2D eigenvalue weighted by Crippen LogP contribution is 2.58. The number of hydrogen-bond donors (Lipinski definition) is 2. The van der Waals surface area contributed by atoms with Gasteiger partial charge in [0.1, 0.15) is 0 Å². The van der Waals surface area contributed by atoms with E-state index in [1.807, 2.05) is 0 Å². The zero-order valence-electron chi connectivity index (χ0n) is 12.2. The van der Waals surface area contributed by atoms with Crippen molar-refractivity contribution in [1.29, 1.82) is 0 Å². The number of nitrogens with one attached hydrogen (secondary N) is 2. The summed E-state index contributed by atoms with van der Waals surface area (Å²) in [4.78, 5) is 12.1. The van der Waals surface area contributed by atoms with Crippen molar-refractivity contribution in [2.45, 2.75) is 38.5 Å². The van der Waals surface area contributed by atoms with Crippen LogP contribution in [0.4, 0.5) is 0 Å². The van der Waals surface area contributed by atoms with Crippen LogP contribution in [0, 0.1) is 17.3 Å². The molecule has 1 atom stereocenters. The Bertz CT molecular complexity index is 328. The fourth-order valence-corrected chi connectivity index (χ4v) is 3.24. The summed E-state index contributed by atoms with van der Waals surface area (Å²) in [7, 11) is 0. The van der Waals surface area contributed by atoms with Gasteiger partial charge in [-0.3, -0.25) is 4.79 Å². The first kappa shape index (κ1) is 16.1. The van der Waals surface area contributed by atoms with Crippen LogP contribution >= 0.6 is 12.4 Å². The van der Waals surface area contributed by atoms with Gasteiger partial charge in [-0.25, -0.2) is 0 Å². The molecule has 2 aliphatic carbocycles. The normalized spacial score (nSPS) is 26.9. The van der Waals surface area contributed by atoms with Crippen LogP contribution in [-0.2, 0) is 9.53 Å². The lowest BCUT2D eigenvalue weighted by Crippen LogP contribution is -2.34. The lowest BCUT2D eigenvalue weighted by molar-refractivity contribution is -0.123. The van der Waals surface area contributed by atoms with Gasteiger partial charge in [0.2, 0.25) is 5.91 Å². The molecule has 2 N–H and O–H groups in total. The molecule has 1 heterocycles. The first-order valence-corrected chi connectivity index (χ1v) is 7.86. The third kappa shape index (κ3) is 4.09. The van der Waals surface area contributed by atoms with Gasteiger partial charge in [-0.05, 0) is 62.9 Å². The van der Waals surface area contributed by atoms with Crippen LogP contribution in [0.5, 0.6) is 0 Å². The number of amides is 1. The number of hydrogen-bond acceptors (Lipinski definition) is 3. The number of piperidine rings is 1. The van der Waals surface area contributed by atoms with Gasteiger partial charge in [0.05, 0.1) is 0 Å². The Morgan fingerprint density at radius 3 is 2.75 bits per heavy atom. The predicted molar refractivity (Wildman–Crippen MR) is 81.1 cm³/mol. The van der Waals surface area contributed by atoms with E-state index >= 15 is 0 Å². The van der Waals surface area contributed by atoms with Crippen LogP contribution in [-0.4, -0.2) is 38.8 Å². The molecule has 1 saturated heterocycles. The average molecular weight is 303 g/mol. The highest BCUT2D eigenvalue weighted by atomic mass is 35.5. The molecular formula is C15H27ClN2O2. The smallest absolute Gasteiger partial charge is 0.223 e. The average Bonchev–Trinajstić information content (AvgIpc) is 3.32. The van der Waals surface area contributed by atoms with E-state index in [0.29, 0.717) is 11.3 Å². The first-order valence-electron chi connectivity index (χ1n) is 7.86. The van der Waals surface area contributed by atoms with E-state index in [0.717, 1.165) is 51.6 Å². The monoisotopic (exact) mass is 302 g/mol. The molecule has 5 heteroatoms. The molecule has 0 aromatic rings. The molecule has 116 valence electrons. The van der Waals surface area contributed by atoms with E-state index in [1.165, 1.54) is 25.7 Å². The molecule has 1 aliphatic heterocycles. The molecule has 3 fully saturated rings.